The van der Waals surface area contributed by atoms with Crippen LogP contribution < -0.4 is 10.6 Å². The maximum Gasteiger partial charge on any atom is 0.319 e. The van der Waals surface area contributed by atoms with Crippen molar-refractivity contribution < 1.29 is 9.90 Å². The Kier molecular flexibility index (Phi) is 5.36. The molecule has 1 aliphatic carbocycles. The molecular formula is C15H20Cl2N2O2. The third-order valence-electron chi connectivity index (χ3n) is 3.82. The number of amides is 2. The van der Waals surface area contributed by atoms with E-state index in [0.717, 1.165) is 25.7 Å². The van der Waals surface area contributed by atoms with E-state index in [2.05, 4.69) is 17.6 Å². The zero-order chi connectivity index (χ0) is 15.5. The molecule has 1 aliphatic rings. The van der Waals surface area contributed by atoms with Gasteiger partial charge in [-0.15, -0.1) is 0 Å². The lowest BCUT2D eigenvalue weighted by molar-refractivity contribution is -0.00920. The van der Waals surface area contributed by atoms with Gasteiger partial charge in [-0.2, -0.15) is 0 Å². The van der Waals surface area contributed by atoms with Crippen LogP contribution in [-0.4, -0.2) is 23.3 Å². The number of aliphatic hydroxyl groups is 1. The summed E-state index contributed by atoms with van der Waals surface area (Å²) in [6.07, 6.45) is 3.58. The Hall–Kier alpha value is -0.970. The lowest BCUT2D eigenvalue weighted by Crippen LogP contribution is -2.46. The largest absolute Gasteiger partial charge is 0.388 e. The first-order valence-corrected chi connectivity index (χ1v) is 7.86. The quantitative estimate of drug-likeness (QED) is 0.782. The van der Waals surface area contributed by atoms with Gasteiger partial charge in [0, 0.05) is 12.2 Å². The molecule has 1 fully saturated rings. The summed E-state index contributed by atoms with van der Waals surface area (Å²) in [6, 6.07) is 4.52. The fraction of sp³-hybridized carbons (Fsp3) is 0.533. The lowest BCUT2D eigenvalue weighted by atomic mass is 9.79. The first-order valence-electron chi connectivity index (χ1n) is 7.10. The van der Waals surface area contributed by atoms with E-state index in [1.807, 2.05) is 0 Å². The highest BCUT2D eigenvalue weighted by Gasteiger charge is 2.32. The van der Waals surface area contributed by atoms with Crippen molar-refractivity contribution in [3.05, 3.63) is 28.2 Å². The summed E-state index contributed by atoms with van der Waals surface area (Å²) in [7, 11) is 0. The van der Waals surface area contributed by atoms with Crippen LogP contribution in [0.15, 0.2) is 18.2 Å². The second-order valence-electron chi connectivity index (χ2n) is 5.86. The average Bonchev–Trinajstić information content (AvgIpc) is 2.41. The second kappa shape index (κ2) is 6.86. The smallest absolute Gasteiger partial charge is 0.319 e. The zero-order valence-corrected chi connectivity index (χ0v) is 13.5. The van der Waals surface area contributed by atoms with Gasteiger partial charge < -0.3 is 15.7 Å². The molecule has 2 unspecified atom stereocenters. The molecule has 1 saturated carbocycles. The van der Waals surface area contributed by atoms with Crippen LogP contribution in [0.25, 0.3) is 0 Å². The molecule has 3 N–H and O–H groups in total. The molecule has 0 aliphatic heterocycles. The zero-order valence-electron chi connectivity index (χ0n) is 12.0. The van der Waals surface area contributed by atoms with E-state index < -0.39 is 5.60 Å². The van der Waals surface area contributed by atoms with Gasteiger partial charge in [0.25, 0.3) is 0 Å². The van der Waals surface area contributed by atoms with Crippen LogP contribution in [0.4, 0.5) is 10.5 Å². The molecular weight excluding hydrogens is 311 g/mol. The number of rotatable bonds is 3. The lowest BCUT2D eigenvalue weighted by Gasteiger charge is -2.35. The molecule has 2 rings (SSSR count). The van der Waals surface area contributed by atoms with Gasteiger partial charge in [0.2, 0.25) is 0 Å². The average molecular weight is 331 g/mol. The number of hydrogen-bond donors (Lipinski definition) is 3. The Bertz CT molecular complexity index is 524. The number of carbonyl (C=O) groups excluding carboxylic acids is 1. The minimum atomic E-state index is -0.799. The van der Waals surface area contributed by atoms with Crippen LogP contribution in [0.5, 0.6) is 0 Å². The first-order chi connectivity index (χ1) is 9.88. The van der Waals surface area contributed by atoms with Gasteiger partial charge in [-0.1, -0.05) is 43.0 Å². The van der Waals surface area contributed by atoms with E-state index >= 15 is 0 Å². The molecule has 6 heteroatoms. The molecule has 0 radical (unpaired) electrons. The SMILES string of the molecule is CC1CCCC(O)(CNC(=O)Nc2ccc(Cl)c(Cl)c2)C1. The van der Waals surface area contributed by atoms with E-state index in [1.54, 1.807) is 18.2 Å². The van der Waals surface area contributed by atoms with Gasteiger partial charge in [-0.05, 0) is 37.0 Å². The Labute approximate surface area is 134 Å². The van der Waals surface area contributed by atoms with Crippen LogP contribution in [0.1, 0.15) is 32.6 Å². The fourth-order valence-electron chi connectivity index (χ4n) is 2.79. The van der Waals surface area contributed by atoms with Gasteiger partial charge in [0.15, 0.2) is 0 Å². The second-order valence-corrected chi connectivity index (χ2v) is 6.68. The Balaban J connectivity index is 1.85. The van der Waals surface area contributed by atoms with Crippen LogP contribution >= 0.6 is 23.2 Å². The van der Waals surface area contributed by atoms with Crippen LogP contribution in [0, 0.1) is 5.92 Å². The van der Waals surface area contributed by atoms with Crippen molar-refractivity contribution in [1.82, 2.24) is 5.32 Å². The number of hydrogen-bond acceptors (Lipinski definition) is 2. The number of carbonyl (C=O) groups is 1. The van der Waals surface area contributed by atoms with Gasteiger partial charge in [0.05, 0.1) is 15.6 Å². The predicted octanol–water partition coefficient (Wildman–Crippen LogP) is 4.06. The highest BCUT2D eigenvalue weighted by atomic mass is 35.5. The van der Waals surface area contributed by atoms with Crippen molar-refractivity contribution in [1.29, 1.82) is 0 Å². The third kappa shape index (κ3) is 4.77. The number of halogens is 2. The molecule has 1 aromatic carbocycles. The molecule has 116 valence electrons. The van der Waals surface area contributed by atoms with Crippen molar-refractivity contribution in [3.8, 4) is 0 Å². The minimum absolute atomic E-state index is 0.254. The number of nitrogens with one attached hydrogen (secondary N) is 2. The summed E-state index contributed by atoms with van der Waals surface area (Å²) < 4.78 is 0. The summed E-state index contributed by atoms with van der Waals surface area (Å²) >= 11 is 11.7. The topological polar surface area (TPSA) is 61.4 Å². The molecule has 0 heterocycles. The summed E-state index contributed by atoms with van der Waals surface area (Å²) in [4.78, 5) is 11.9. The summed E-state index contributed by atoms with van der Waals surface area (Å²) in [5.41, 5.74) is -0.238. The molecule has 0 bridgehead atoms. The fourth-order valence-corrected chi connectivity index (χ4v) is 3.08. The molecule has 1 aromatic rings. The normalized spacial score (nSPS) is 25.4. The van der Waals surface area contributed by atoms with Gasteiger partial charge in [0.1, 0.15) is 0 Å². The summed E-state index contributed by atoms with van der Waals surface area (Å²) in [5, 5.41) is 16.7. The maximum absolute atomic E-state index is 11.9. The molecule has 0 aromatic heterocycles. The standard InChI is InChI=1S/C15H20Cl2N2O2/c1-10-3-2-6-15(21,8-10)9-18-14(20)19-11-4-5-12(16)13(17)7-11/h4-5,7,10,21H,2-3,6,8-9H2,1H3,(H2,18,19,20). The summed E-state index contributed by atoms with van der Waals surface area (Å²) in [6.45, 7) is 2.38. The van der Waals surface area contributed by atoms with E-state index in [9.17, 15) is 9.90 Å². The van der Waals surface area contributed by atoms with E-state index in [4.69, 9.17) is 23.2 Å². The predicted molar refractivity (Wildman–Crippen MR) is 86.1 cm³/mol. The van der Waals surface area contributed by atoms with Gasteiger partial charge in [-0.3, -0.25) is 0 Å². The molecule has 21 heavy (non-hydrogen) atoms. The third-order valence-corrected chi connectivity index (χ3v) is 4.56. The maximum atomic E-state index is 11.9. The molecule has 0 saturated heterocycles. The van der Waals surface area contributed by atoms with Crippen LogP contribution in [0.3, 0.4) is 0 Å². The Morgan fingerprint density at radius 1 is 1.43 bits per heavy atom. The molecule has 0 spiro atoms. The molecule has 2 atom stereocenters. The van der Waals surface area contributed by atoms with Crippen molar-refractivity contribution in [2.75, 3.05) is 11.9 Å². The Morgan fingerprint density at radius 3 is 2.86 bits per heavy atom. The van der Waals surface area contributed by atoms with Crippen LogP contribution in [-0.2, 0) is 0 Å². The number of urea groups is 1. The van der Waals surface area contributed by atoms with Crippen molar-refractivity contribution in [2.45, 2.75) is 38.2 Å². The van der Waals surface area contributed by atoms with Crippen molar-refractivity contribution >= 4 is 34.9 Å². The van der Waals surface area contributed by atoms with Gasteiger partial charge >= 0.3 is 6.03 Å². The van der Waals surface area contributed by atoms with E-state index in [0.29, 0.717) is 21.7 Å². The van der Waals surface area contributed by atoms with Crippen LogP contribution in [0.2, 0.25) is 10.0 Å². The van der Waals surface area contributed by atoms with E-state index in [1.165, 1.54) is 0 Å². The van der Waals surface area contributed by atoms with Gasteiger partial charge in [-0.25, -0.2) is 4.79 Å². The number of anilines is 1. The molecule has 2 amide bonds. The highest BCUT2D eigenvalue weighted by Crippen LogP contribution is 2.31. The molecule has 4 nitrogen and oxygen atoms in total. The van der Waals surface area contributed by atoms with Crippen molar-refractivity contribution in [2.24, 2.45) is 5.92 Å². The monoisotopic (exact) mass is 330 g/mol. The highest BCUT2D eigenvalue weighted by molar-refractivity contribution is 6.42. The van der Waals surface area contributed by atoms with Crippen molar-refractivity contribution in [3.63, 3.8) is 0 Å². The number of benzene rings is 1. The van der Waals surface area contributed by atoms with E-state index in [-0.39, 0.29) is 12.6 Å². The summed E-state index contributed by atoms with van der Waals surface area (Å²) in [5.74, 6) is 0.490. The first kappa shape index (κ1) is 16.4. The Morgan fingerprint density at radius 2 is 2.19 bits per heavy atom. The minimum Gasteiger partial charge on any atom is -0.388 e.